The molecule has 1 saturated heterocycles. The number of para-hydroxylation sites is 2. The summed E-state index contributed by atoms with van der Waals surface area (Å²) < 4.78 is 39.1. The van der Waals surface area contributed by atoms with Gasteiger partial charge in [0.2, 0.25) is 15.9 Å². The number of ether oxygens (including phenoxy) is 2. The number of aromatic amines is 1. The highest BCUT2D eigenvalue weighted by atomic mass is 32.2. The van der Waals surface area contributed by atoms with Crippen molar-refractivity contribution in [1.29, 1.82) is 0 Å². The second kappa shape index (κ2) is 10.4. The predicted molar refractivity (Wildman–Crippen MR) is 124 cm³/mol. The number of aryl methyl sites for hydroxylation is 2. The first-order valence-electron chi connectivity index (χ1n) is 11.1. The Morgan fingerprint density at radius 1 is 1.15 bits per heavy atom. The topological polar surface area (TPSA) is 118 Å². The molecule has 1 amide bonds. The molecular formula is C23H31N3O6S. The predicted octanol–water partition coefficient (Wildman–Crippen LogP) is 3.25. The smallest absolute Gasteiger partial charge is 0.341 e. The lowest BCUT2D eigenvalue weighted by Gasteiger charge is -2.31. The van der Waals surface area contributed by atoms with Gasteiger partial charge in [-0.25, -0.2) is 13.2 Å². The molecule has 180 valence electrons. The van der Waals surface area contributed by atoms with Gasteiger partial charge in [-0.1, -0.05) is 12.1 Å². The Kier molecular flexibility index (Phi) is 7.80. The molecular weight excluding hydrogens is 446 g/mol. The summed E-state index contributed by atoms with van der Waals surface area (Å²) in [6.45, 7) is 7.67. The zero-order chi connectivity index (χ0) is 24.2. The van der Waals surface area contributed by atoms with Gasteiger partial charge in [-0.2, -0.15) is 4.31 Å². The molecule has 0 spiro atoms. The number of nitrogens with zero attached hydrogens (tertiary/aromatic N) is 1. The van der Waals surface area contributed by atoms with Crippen LogP contribution in [-0.4, -0.2) is 55.9 Å². The third-order valence-electron chi connectivity index (χ3n) is 5.59. The number of esters is 1. The molecule has 0 unspecified atom stereocenters. The summed E-state index contributed by atoms with van der Waals surface area (Å²) in [4.78, 5) is 28.3. The molecule has 2 heterocycles. The lowest BCUT2D eigenvalue weighted by atomic mass is 9.98. The van der Waals surface area contributed by atoms with Crippen molar-refractivity contribution in [3.8, 4) is 5.75 Å². The number of hydrogen-bond donors (Lipinski definition) is 2. The lowest BCUT2D eigenvalue weighted by molar-refractivity contribution is -0.120. The van der Waals surface area contributed by atoms with E-state index in [4.69, 9.17) is 9.47 Å². The minimum Gasteiger partial charge on any atom is -0.492 e. The highest BCUT2D eigenvalue weighted by Crippen LogP contribution is 2.31. The van der Waals surface area contributed by atoms with E-state index < -0.39 is 21.9 Å². The molecule has 2 N–H and O–H groups in total. The van der Waals surface area contributed by atoms with Crippen molar-refractivity contribution in [3.63, 3.8) is 0 Å². The number of rotatable bonds is 8. The monoisotopic (exact) mass is 477 g/mol. The number of H-pyrrole nitrogens is 1. The summed E-state index contributed by atoms with van der Waals surface area (Å²) in [5.41, 5.74) is 1.37. The quantitative estimate of drug-likeness (QED) is 0.564. The van der Waals surface area contributed by atoms with Crippen molar-refractivity contribution >= 4 is 27.6 Å². The summed E-state index contributed by atoms with van der Waals surface area (Å²) in [7, 11) is -4.03. The van der Waals surface area contributed by atoms with Crippen LogP contribution < -0.4 is 10.1 Å². The summed E-state index contributed by atoms with van der Waals surface area (Å²) >= 11 is 0. The third-order valence-corrected chi connectivity index (χ3v) is 7.63. The Balaban J connectivity index is 1.83. The fourth-order valence-corrected chi connectivity index (χ4v) is 6.06. The first-order chi connectivity index (χ1) is 15.7. The number of anilines is 1. The van der Waals surface area contributed by atoms with Gasteiger partial charge in [0.05, 0.1) is 24.8 Å². The number of aromatic nitrogens is 1. The van der Waals surface area contributed by atoms with Crippen LogP contribution in [0.5, 0.6) is 5.75 Å². The first kappa shape index (κ1) is 24.8. The Morgan fingerprint density at radius 2 is 1.88 bits per heavy atom. The number of nitrogens with one attached hydrogen (secondary N) is 2. The van der Waals surface area contributed by atoms with Gasteiger partial charge in [-0.05, 0) is 52.7 Å². The number of benzene rings is 1. The minimum absolute atomic E-state index is 0.0200. The zero-order valence-corrected chi connectivity index (χ0v) is 20.3. The fourth-order valence-electron chi connectivity index (χ4n) is 4.12. The van der Waals surface area contributed by atoms with Crippen molar-refractivity contribution in [2.45, 2.75) is 45.4 Å². The molecule has 0 saturated carbocycles. The summed E-state index contributed by atoms with van der Waals surface area (Å²) in [5.74, 6) is -0.924. The van der Waals surface area contributed by atoms with Crippen molar-refractivity contribution in [2.24, 2.45) is 5.92 Å². The van der Waals surface area contributed by atoms with Crippen molar-refractivity contribution in [1.82, 2.24) is 9.29 Å². The number of hydrogen-bond acceptors (Lipinski definition) is 6. The van der Waals surface area contributed by atoms with Crippen LogP contribution in [-0.2, 0) is 19.6 Å². The van der Waals surface area contributed by atoms with E-state index in [-0.39, 0.29) is 36.1 Å². The summed E-state index contributed by atoms with van der Waals surface area (Å²) in [6, 6.07) is 7.13. The highest BCUT2D eigenvalue weighted by molar-refractivity contribution is 7.89. The second-order valence-corrected chi connectivity index (χ2v) is 9.80. The van der Waals surface area contributed by atoms with Gasteiger partial charge >= 0.3 is 5.97 Å². The van der Waals surface area contributed by atoms with Gasteiger partial charge in [0.15, 0.2) is 0 Å². The third kappa shape index (κ3) is 5.22. The van der Waals surface area contributed by atoms with E-state index in [9.17, 15) is 18.0 Å². The van der Waals surface area contributed by atoms with Crippen LogP contribution in [0.3, 0.4) is 0 Å². The lowest BCUT2D eigenvalue weighted by Crippen LogP contribution is -2.44. The largest absolute Gasteiger partial charge is 0.492 e. The molecule has 1 aliphatic rings. The maximum absolute atomic E-state index is 13.6. The number of carbonyl (C=O) groups is 2. The fraction of sp³-hybridized carbons (Fsp3) is 0.478. The first-order valence-corrected chi connectivity index (χ1v) is 12.5. The van der Waals surface area contributed by atoms with Gasteiger partial charge in [0, 0.05) is 24.5 Å². The SMILES string of the molecule is CCOC(=O)c1c(C)[nH]c(C)c1S(=O)(=O)N1CCC[C@@H](C(=O)Nc2ccccc2OCC)C1. The molecule has 1 atom stereocenters. The normalized spacial score (nSPS) is 16.9. The van der Waals surface area contributed by atoms with Gasteiger partial charge < -0.3 is 19.8 Å². The van der Waals surface area contributed by atoms with E-state index in [0.717, 1.165) is 0 Å². The summed E-state index contributed by atoms with van der Waals surface area (Å²) in [5, 5.41) is 2.87. The van der Waals surface area contributed by atoms with Crippen LogP contribution in [0, 0.1) is 19.8 Å². The molecule has 1 fully saturated rings. The number of piperidine rings is 1. The Morgan fingerprint density at radius 3 is 2.58 bits per heavy atom. The van der Waals surface area contributed by atoms with Crippen molar-refractivity contribution < 1.29 is 27.5 Å². The molecule has 0 aliphatic carbocycles. The minimum atomic E-state index is -4.03. The van der Waals surface area contributed by atoms with Crippen LogP contribution in [0.1, 0.15) is 48.4 Å². The average molecular weight is 478 g/mol. The number of sulfonamides is 1. The van der Waals surface area contributed by atoms with Crippen molar-refractivity contribution in [2.75, 3.05) is 31.6 Å². The number of carbonyl (C=O) groups excluding carboxylic acids is 2. The van der Waals surface area contributed by atoms with Crippen LogP contribution in [0.4, 0.5) is 5.69 Å². The molecule has 0 bridgehead atoms. The van der Waals surface area contributed by atoms with Crippen LogP contribution in [0.25, 0.3) is 0 Å². The van der Waals surface area contributed by atoms with Crippen molar-refractivity contribution in [3.05, 3.63) is 41.2 Å². The molecule has 1 aliphatic heterocycles. The summed E-state index contributed by atoms with van der Waals surface area (Å²) in [6.07, 6.45) is 1.09. The molecule has 9 nitrogen and oxygen atoms in total. The molecule has 10 heteroatoms. The van der Waals surface area contributed by atoms with Crippen LogP contribution >= 0.6 is 0 Å². The molecule has 0 radical (unpaired) electrons. The Hall–Kier alpha value is -2.85. The molecule has 3 rings (SSSR count). The maximum atomic E-state index is 13.6. The molecule has 2 aromatic rings. The number of amides is 1. The molecule has 1 aromatic carbocycles. The van der Waals surface area contributed by atoms with E-state index in [1.165, 1.54) is 4.31 Å². The standard InChI is InChI=1S/C23H31N3O6S/c1-5-31-19-12-8-7-11-18(19)25-22(27)17-10-9-13-26(14-17)33(29,30)21-16(4)24-15(3)20(21)23(28)32-6-2/h7-8,11-12,17,24H,5-6,9-10,13-14H2,1-4H3,(H,25,27)/t17-/m1/s1. The van der Waals surface area contributed by atoms with E-state index >= 15 is 0 Å². The Bertz CT molecular complexity index is 1130. The van der Waals surface area contributed by atoms with E-state index in [1.54, 1.807) is 39.0 Å². The average Bonchev–Trinajstić information content (AvgIpc) is 3.10. The Labute approximate surface area is 194 Å². The second-order valence-electron chi connectivity index (χ2n) is 7.92. The molecule has 1 aromatic heterocycles. The van der Waals surface area contributed by atoms with E-state index in [1.807, 2.05) is 13.0 Å². The molecule has 33 heavy (non-hydrogen) atoms. The highest BCUT2D eigenvalue weighted by Gasteiger charge is 2.38. The zero-order valence-electron chi connectivity index (χ0n) is 19.4. The van der Waals surface area contributed by atoms with Gasteiger partial charge in [0.25, 0.3) is 0 Å². The van der Waals surface area contributed by atoms with Gasteiger partial charge in [-0.3, -0.25) is 4.79 Å². The van der Waals surface area contributed by atoms with Crippen LogP contribution in [0.15, 0.2) is 29.2 Å². The van der Waals surface area contributed by atoms with E-state index in [2.05, 4.69) is 10.3 Å². The maximum Gasteiger partial charge on any atom is 0.341 e. The van der Waals surface area contributed by atoms with Crippen LogP contribution in [0.2, 0.25) is 0 Å². The van der Waals surface area contributed by atoms with Gasteiger partial charge in [0.1, 0.15) is 16.2 Å². The van der Waals surface area contributed by atoms with E-state index in [0.29, 0.717) is 42.3 Å². The van der Waals surface area contributed by atoms with Gasteiger partial charge in [-0.15, -0.1) is 0 Å².